The molecule has 2 N–H and O–H groups in total. The largest absolute Gasteiger partial charge is 0.456 e. The Morgan fingerprint density at radius 3 is 2.57 bits per heavy atom. The van der Waals surface area contributed by atoms with Crippen LogP contribution < -0.4 is 10.5 Å². The summed E-state index contributed by atoms with van der Waals surface area (Å²) in [5.74, 6) is 1.55. The van der Waals surface area contributed by atoms with Gasteiger partial charge in [-0.1, -0.05) is 46.3 Å². The lowest BCUT2D eigenvalue weighted by Crippen LogP contribution is -1.97. The number of nitrogens with two attached hydrogens (primary N) is 1. The maximum atomic E-state index is 6.01. The lowest BCUT2D eigenvalue weighted by Gasteiger charge is -2.11. The fourth-order valence-electron chi connectivity index (χ4n) is 2.22. The summed E-state index contributed by atoms with van der Waals surface area (Å²) in [6.07, 6.45) is 0. The fraction of sp³-hybridized carbons (Fsp3) is 0.0588. The number of rotatable bonds is 3. The monoisotopic (exact) mass is 405 g/mol. The molecule has 0 amide bonds. The summed E-state index contributed by atoms with van der Waals surface area (Å²) in [7, 11) is 0. The second kappa shape index (κ2) is 6.18. The van der Waals surface area contributed by atoms with Crippen molar-refractivity contribution in [2.45, 2.75) is 6.54 Å². The first-order valence-electron chi connectivity index (χ1n) is 6.52. The SMILES string of the molecule is NCc1cc(Br)cc(Oc2ccc3ccccc3c2Br)c1. The smallest absolute Gasteiger partial charge is 0.142 e. The second-order valence-electron chi connectivity index (χ2n) is 4.70. The number of benzene rings is 3. The molecule has 4 heteroatoms. The predicted octanol–water partition coefficient (Wildman–Crippen LogP) is 5.62. The highest BCUT2D eigenvalue weighted by Crippen LogP contribution is 2.36. The van der Waals surface area contributed by atoms with Crippen LogP contribution in [0.3, 0.4) is 0 Å². The van der Waals surface area contributed by atoms with Gasteiger partial charge in [0.25, 0.3) is 0 Å². The van der Waals surface area contributed by atoms with Crippen molar-refractivity contribution < 1.29 is 4.74 Å². The minimum absolute atomic E-state index is 0.481. The summed E-state index contributed by atoms with van der Waals surface area (Å²) < 4.78 is 7.92. The molecule has 3 aromatic carbocycles. The van der Waals surface area contributed by atoms with Crippen molar-refractivity contribution >= 4 is 42.6 Å². The lowest BCUT2D eigenvalue weighted by molar-refractivity contribution is 0.479. The van der Waals surface area contributed by atoms with Crippen LogP contribution in [0.25, 0.3) is 10.8 Å². The van der Waals surface area contributed by atoms with Crippen LogP contribution in [0.5, 0.6) is 11.5 Å². The van der Waals surface area contributed by atoms with Gasteiger partial charge in [-0.25, -0.2) is 0 Å². The maximum Gasteiger partial charge on any atom is 0.142 e. The summed E-state index contributed by atoms with van der Waals surface area (Å²) in [5.41, 5.74) is 6.72. The zero-order chi connectivity index (χ0) is 14.8. The molecule has 3 rings (SSSR count). The summed E-state index contributed by atoms with van der Waals surface area (Å²) in [6.45, 7) is 0.481. The molecule has 0 bridgehead atoms. The molecule has 0 aliphatic rings. The van der Waals surface area contributed by atoms with E-state index in [1.807, 2.05) is 36.4 Å². The van der Waals surface area contributed by atoms with Crippen molar-refractivity contribution in [3.8, 4) is 11.5 Å². The third kappa shape index (κ3) is 3.12. The van der Waals surface area contributed by atoms with Crippen molar-refractivity contribution in [2.24, 2.45) is 5.73 Å². The highest BCUT2D eigenvalue weighted by molar-refractivity contribution is 9.11. The van der Waals surface area contributed by atoms with E-state index in [2.05, 4.69) is 50.1 Å². The van der Waals surface area contributed by atoms with E-state index in [-0.39, 0.29) is 0 Å². The Labute approximate surface area is 140 Å². The second-order valence-corrected chi connectivity index (χ2v) is 6.41. The molecule has 0 unspecified atom stereocenters. The molecule has 0 aromatic heterocycles. The molecule has 21 heavy (non-hydrogen) atoms. The fourth-order valence-corrected chi connectivity index (χ4v) is 3.31. The van der Waals surface area contributed by atoms with Gasteiger partial charge in [0.15, 0.2) is 0 Å². The van der Waals surface area contributed by atoms with Crippen LogP contribution in [-0.4, -0.2) is 0 Å². The van der Waals surface area contributed by atoms with E-state index in [9.17, 15) is 0 Å². The van der Waals surface area contributed by atoms with E-state index < -0.39 is 0 Å². The van der Waals surface area contributed by atoms with Gasteiger partial charge in [-0.2, -0.15) is 0 Å². The van der Waals surface area contributed by atoms with Crippen molar-refractivity contribution in [3.05, 3.63) is 69.1 Å². The van der Waals surface area contributed by atoms with Gasteiger partial charge in [0.1, 0.15) is 11.5 Å². The minimum atomic E-state index is 0.481. The molecule has 0 atom stereocenters. The van der Waals surface area contributed by atoms with Crippen LogP contribution in [0.15, 0.2) is 63.5 Å². The minimum Gasteiger partial charge on any atom is -0.456 e. The van der Waals surface area contributed by atoms with Crippen molar-refractivity contribution in [2.75, 3.05) is 0 Å². The standard InChI is InChI=1S/C17H13Br2NO/c18-13-7-11(10-20)8-14(9-13)21-16-6-5-12-3-1-2-4-15(12)17(16)19/h1-9H,10,20H2. The number of fused-ring (bicyclic) bond motifs is 1. The van der Waals surface area contributed by atoms with Crippen LogP contribution in [0.1, 0.15) is 5.56 Å². The quantitative estimate of drug-likeness (QED) is 0.612. The average Bonchev–Trinajstić information content (AvgIpc) is 2.50. The number of hydrogen-bond donors (Lipinski definition) is 1. The zero-order valence-corrected chi connectivity index (χ0v) is 14.3. The van der Waals surface area contributed by atoms with E-state index in [1.54, 1.807) is 0 Å². The third-order valence-electron chi connectivity index (χ3n) is 3.22. The molecule has 0 aliphatic carbocycles. The molecule has 0 saturated heterocycles. The Bertz CT molecular complexity index is 802. The average molecular weight is 407 g/mol. The van der Waals surface area contributed by atoms with Gasteiger partial charge in [0, 0.05) is 11.0 Å². The van der Waals surface area contributed by atoms with Crippen molar-refractivity contribution in [1.82, 2.24) is 0 Å². The van der Waals surface area contributed by atoms with Gasteiger partial charge in [0.2, 0.25) is 0 Å². The van der Waals surface area contributed by atoms with E-state index >= 15 is 0 Å². The van der Waals surface area contributed by atoms with E-state index in [0.717, 1.165) is 31.4 Å². The highest BCUT2D eigenvalue weighted by atomic mass is 79.9. The van der Waals surface area contributed by atoms with Gasteiger partial charge in [0.05, 0.1) is 4.47 Å². The van der Waals surface area contributed by atoms with Crippen molar-refractivity contribution in [3.63, 3.8) is 0 Å². The Balaban J connectivity index is 2.02. The Morgan fingerprint density at radius 1 is 0.952 bits per heavy atom. The molecular weight excluding hydrogens is 394 g/mol. The number of ether oxygens (including phenoxy) is 1. The van der Waals surface area contributed by atoms with Gasteiger partial charge < -0.3 is 10.5 Å². The molecule has 106 valence electrons. The first kappa shape index (κ1) is 14.6. The summed E-state index contributed by atoms with van der Waals surface area (Å²) in [5, 5.41) is 2.30. The van der Waals surface area contributed by atoms with Gasteiger partial charge in [-0.05, 0) is 56.5 Å². The molecule has 0 heterocycles. The van der Waals surface area contributed by atoms with Crippen LogP contribution >= 0.6 is 31.9 Å². The highest BCUT2D eigenvalue weighted by Gasteiger charge is 2.08. The topological polar surface area (TPSA) is 35.2 Å². The molecule has 2 nitrogen and oxygen atoms in total. The summed E-state index contributed by atoms with van der Waals surface area (Å²) >= 11 is 7.11. The van der Waals surface area contributed by atoms with Crippen LogP contribution in [0.4, 0.5) is 0 Å². The van der Waals surface area contributed by atoms with Crippen LogP contribution in [0.2, 0.25) is 0 Å². The Morgan fingerprint density at radius 2 is 1.76 bits per heavy atom. The number of hydrogen-bond acceptors (Lipinski definition) is 2. The first-order chi connectivity index (χ1) is 10.2. The number of halogens is 2. The molecular formula is C17H13Br2NO. The van der Waals surface area contributed by atoms with Crippen LogP contribution in [-0.2, 0) is 6.54 Å². The lowest BCUT2D eigenvalue weighted by atomic mass is 10.1. The molecule has 0 saturated carbocycles. The molecule has 0 spiro atoms. The van der Waals surface area contributed by atoms with Crippen molar-refractivity contribution in [1.29, 1.82) is 0 Å². The summed E-state index contributed by atoms with van der Waals surface area (Å²) in [6, 6.07) is 18.1. The summed E-state index contributed by atoms with van der Waals surface area (Å²) in [4.78, 5) is 0. The Hall–Kier alpha value is -1.36. The van der Waals surface area contributed by atoms with E-state index in [0.29, 0.717) is 6.54 Å². The predicted molar refractivity (Wildman–Crippen MR) is 93.8 cm³/mol. The van der Waals surface area contributed by atoms with Gasteiger partial charge >= 0.3 is 0 Å². The maximum absolute atomic E-state index is 6.01. The first-order valence-corrected chi connectivity index (χ1v) is 8.10. The van der Waals surface area contributed by atoms with E-state index in [4.69, 9.17) is 10.5 Å². The van der Waals surface area contributed by atoms with Crippen LogP contribution in [0, 0.1) is 0 Å². The van der Waals surface area contributed by atoms with E-state index in [1.165, 1.54) is 5.39 Å². The molecule has 0 fully saturated rings. The molecule has 3 aromatic rings. The third-order valence-corrected chi connectivity index (χ3v) is 4.50. The normalized spacial score (nSPS) is 10.8. The van der Waals surface area contributed by atoms with Gasteiger partial charge in [-0.3, -0.25) is 0 Å². The zero-order valence-electron chi connectivity index (χ0n) is 11.1. The molecule has 0 aliphatic heterocycles. The van der Waals surface area contributed by atoms with Gasteiger partial charge in [-0.15, -0.1) is 0 Å². The molecule has 0 radical (unpaired) electrons. The Kier molecular flexibility index (Phi) is 4.29.